The molecule has 0 aromatic heterocycles. The third kappa shape index (κ3) is 28.3. The van der Waals surface area contributed by atoms with Gasteiger partial charge in [-0.3, -0.25) is 9.59 Å². The van der Waals surface area contributed by atoms with Gasteiger partial charge in [-0.15, -0.1) is 0 Å². The van der Waals surface area contributed by atoms with E-state index in [4.69, 9.17) is 5.11 Å². The van der Waals surface area contributed by atoms with Crippen LogP contribution in [-0.2, 0) is 9.59 Å². The van der Waals surface area contributed by atoms with Gasteiger partial charge in [0.2, 0.25) is 0 Å². The number of allylic oxidation sites excluding steroid dienone is 4. The lowest BCUT2D eigenvalue weighted by Crippen LogP contribution is -2.36. The van der Waals surface area contributed by atoms with E-state index in [1.807, 2.05) is 0 Å². The number of unbranched alkanes of at least 4 members (excludes halogenated alkanes) is 21. The summed E-state index contributed by atoms with van der Waals surface area (Å²) in [5, 5.41) is 38.4. The number of aliphatic hydroxyl groups excluding tert-OH is 2. The highest BCUT2D eigenvalue weighted by atomic mass is 16.4. The number of carboxylic acids is 2. The molecule has 4 N–H and O–H groups in total. The zero-order chi connectivity index (χ0) is 33.3. The van der Waals surface area contributed by atoms with Gasteiger partial charge < -0.3 is 20.4 Å². The summed E-state index contributed by atoms with van der Waals surface area (Å²) in [6.45, 7) is 1.87. The molecule has 0 aromatic carbocycles. The lowest BCUT2D eigenvalue weighted by atomic mass is 9.73. The maximum atomic E-state index is 12.4. The van der Waals surface area contributed by atoms with Crippen LogP contribution in [0.3, 0.4) is 0 Å². The molecule has 0 aromatic rings. The van der Waals surface area contributed by atoms with Crippen LogP contribution in [0.4, 0.5) is 0 Å². The molecule has 6 nitrogen and oxygen atoms in total. The third-order valence-electron chi connectivity index (χ3n) is 9.16. The molecule has 0 bridgehead atoms. The first-order chi connectivity index (χ1) is 21.9. The molecule has 0 aliphatic heterocycles. The van der Waals surface area contributed by atoms with Crippen molar-refractivity contribution >= 4 is 11.9 Å². The molecule has 0 rings (SSSR count). The number of carboxylic acid groups (broad SMARTS) is 2. The Morgan fingerprint density at radius 3 is 1.27 bits per heavy atom. The first-order valence-corrected chi connectivity index (χ1v) is 18.9. The van der Waals surface area contributed by atoms with Crippen molar-refractivity contribution in [2.24, 2.45) is 5.41 Å². The molecule has 45 heavy (non-hydrogen) atoms. The van der Waals surface area contributed by atoms with Crippen molar-refractivity contribution in [2.75, 3.05) is 6.61 Å². The molecule has 0 aliphatic carbocycles. The number of carbonyl (C=O) groups is 2. The third-order valence-corrected chi connectivity index (χ3v) is 9.16. The van der Waals surface area contributed by atoms with Crippen LogP contribution in [0.25, 0.3) is 0 Å². The second kappa shape index (κ2) is 32.3. The number of hydrogen-bond donors (Lipinski definition) is 4. The molecule has 6 heteroatoms. The van der Waals surface area contributed by atoms with E-state index in [0.717, 1.165) is 89.9 Å². The van der Waals surface area contributed by atoms with Gasteiger partial charge in [-0.1, -0.05) is 134 Å². The van der Waals surface area contributed by atoms with Crippen LogP contribution in [-0.4, -0.2) is 45.1 Å². The van der Waals surface area contributed by atoms with Gasteiger partial charge in [0, 0.05) is 6.42 Å². The summed E-state index contributed by atoms with van der Waals surface area (Å²) in [7, 11) is 0. The molecule has 0 amide bonds. The van der Waals surface area contributed by atoms with E-state index < -0.39 is 23.5 Å². The van der Waals surface area contributed by atoms with Gasteiger partial charge in [0.15, 0.2) is 0 Å². The maximum absolute atomic E-state index is 12.4. The summed E-state index contributed by atoms with van der Waals surface area (Å²) < 4.78 is 0. The second-order valence-electron chi connectivity index (χ2n) is 13.4. The smallest absolute Gasteiger partial charge is 0.309 e. The zero-order valence-electron chi connectivity index (χ0n) is 29.2. The SMILES string of the molecule is CCCCCCCCC=CCCCCCCC(CCCCCCCCC=CCCCCCCCC(=O)O)(CC(O)CO)C(=O)O. The summed E-state index contributed by atoms with van der Waals surface area (Å²) in [4.78, 5) is 22.9. The van der Waals surface area contributed by atoms with E-state index in [1.165, 1.54) is 70.6 Å². The summed E-state index contributed by atoms with van der Waals surface area (Å²) in [6, 6.07) is 0. The fourth-order valence-electron chi connectivity index (χ4n) is 6.24. The number of rotatable bonds is 35. The minimum atomic E-state index is -0.977. The number of aliphatic hydroxyl groups is 2. The molecule has 0 radical (unpaired) electrons. The van der Waals surface area contributed by atoms with Gasteiger partial charge in [-0.05, 0) is 77.0 Å². The van der Waals surface area contributed by atoms with Crippen molar-refractivity contribution in [3.05, 3.63) is 24.3 Å². The average molecular weight is 637 g/mol. The Balaban J connectivity index is 4.08. The Morgan fingerprint density at radius 1 is 0.556 bits per heavy atom. The Labute approximate surface area is 277 Å². The molecule has 2 atom stereocenters. The highest BCUT2D eigenvalue weighted by Crippen LogP contribution is 2.37. The zero-order valence-corrected chi connectivity index (χ0v) is 29.2. The van der Waals surface area contributed by atoms with E-state index >= 15 is 0 Å². The summed E-state index contributed by atoms with van der Waals surface area (Å²) in [5.41, 5.74) is -0.942. The summed E-state index contributed by atoms with van der Waals surface area (Å²) >= 11 is 0. The van der Waals surface area contributed by atoms with Crippen molar-refractivity contribution < 1.29 is 30.0 Å². The van der Waals surface area contributed by atoms with E-state index in [2.05, 4.69) is 31.2 Å². The Kier molecular flexibility index (Phi) is 31.1. The van der Waals surface area contributed by atoms with Gasteiger partial charge in [-0.25, -0.2) is 0 Å². The molecular weight excluding hydrogens is 564 g/mol. The van der Waals surface area contributed by atoms with Gasteiger partial charge in [0.1, 0.15) is 0 Å². The molecular formula is C39H72O6. The van der Waals surface area contributed by atoms with Crippen molar-refractivity contribution in [3.8, 4) is 0 Å². The van der Waals surface area contributed by atoms with Gasteiger partial charge in [-0.2, -0.15) is 0 Å². The lowest BCUT2D eigenvalue weighted by molar-refractivity contribution is -0.153. The normalized spacial score (nSPS) is 13.9. The maximum Gasteiger partial charge on any atom is 0.309 e. The fourth-order valence-corrected chi connectivity index (χ4v) is 6.24. The number of aliphatic carboxylic acids is 2. The highest BCUT2D eigenvalue weighted by Gasteiger charge is 2.39. The predicted octanol–water partition coefficient (Wildman–Crippen LogP) is 10.9. The minimum Gasteiger partial charge on any atom is -0.481 e. The summed E-state index contributed by atoms with van der Waals surface area (Å²) in [6.07, 6.45) is 38.1. The van der Waals surface area contributed by atoms with E-state index in [-0.39, 0.29) is 19.4 Å². The van der Waals surface area contributed by atoms with Crippen LogP contribution in [0.5, 0.6) is 0 Å². The predicted molar refractivity (Wildman–Crippen MR) is 189 cm³/mol. The van der Waals surface area contributed by atoms with Gasteiger partial charge in [0.05, 0.1) is 18.1 Å². The molecule has 264 valence electrons. The van der Waals surface area contributed by atoms with Crippen LogP contribution >= 0.6 is 0 Å². The first kappa shape index (κ1) is 43.3. The minimum absolute atomic E-state index is 0.136. The Bertz CT molecular complexity index is 733. The van der Waals surface area contributed by atoms with Crippen molar-refractivity contribution in [3.63, 3.8) is 0 Å². The quantitative estimate of drug-likeness (QED) is 0.0406. The number of hydrogen-bond acceptors (Lipinski definition) is 4. The van der Waals surface area contributed by atoms with Gasteiger partial charge >= 0.3 is 11.9 Å². The molecule has 2 unspecified atom stereocenters. The molecule has 0 heterocycles. The first-order valence-electron chi connectivity index (χ1n) is 18.9. The van der Waals surface area contributed by atoms with Crippen molar-refractivity contribution in [2.45, 2.75) is 199 Å². The van der Waals surface area contributed by atoms with E-state index in [1.54, 1.807) is 0 Å². The lowest BCUT2D eigenvalue weighted by Gasteiger charge is -2.31. The molecule has 0 spiro atoms. The van der Waals surface area contributed by atoms with Crippen LogP contribution < -0.4 is 0 Å². The fraction of sp³-hybridized carbons (Fsp3) is 0.846. The van der Waals surface area contributed by atoms with Crippen molar-refractivity contribution in [1.29, 1.82) is 0 Å². The van der Waals surface area contributed by atoms with Crippen molar-refractivity contribution in [1.82, 2.24) is 0 Å². The average Bonchev–Trinajstić information content (AvgIpc) is 3.02. The summed E-state index contributed by atoms with van der Waals surface area (Å²) in [5.74, 6) is -1.52. The standard InChI is InChI=1S/C39H72O6/c1-2-3-4-5-6-7-8-9-14-17-20-23-26-29-32-39(38(44)45,34-36(41)35-40)33-30-27-24-21-18-15-12-10-11-13-16-19-22-25-28-31-37(42)43/h9-11,14,36,40-41H,2-8,12-13,15-35H2,1H3,(H,42,43)(H,44,45). The monoisotopic (exact) mass is 637 g/mol. The van der Waals surface area contributed by atoms with E-state index in [0.29, 0.717) is 12.8 Å². The molecule has 0 fully saturated rings. The molecule has 0 saturated carbocycles. The Morgan fingerprint density at radius 2 is 0.911 bits per heavy atom. The second-order valence-corrected chi connectivity index (χ2v) is 13.4. The van der Waals surface area contributed by atoms with Crippen LogP contribution in [0.2, 0.25) is 0 Å². The largest absolute Gasteiger partial charge is 0.481 e. The topological polar surface area (TPSA) is 115 Å². The van der Waals surface area contributed by atoms with Crippen LogP contribution in [0, 0.1) is 5.41 Å². The van der Waals surface area contributed by atoms with E-state index in [9.17, 15) is 24.9 Å². The van der Waals surface area contributed by atoms with Crippen LogP contribution in [0.1, 0.15) is 193 Å². The molecule has 0 saturated heterocycles. The Hall–Kier alpha value is -1.66. The van der Waals surface area contributed by atoms with Crippen LogP contribution in [0.15, 0.2) is 24.3 Å². The highest BCUT2D eigenvalue weighted by molar-refractivity contribution is 5.74. The molecule has 0 aliphatic rings. The van der Waals surface area contributed by atoms with Gasteiger partial charge in [0.25, 0.3) is 0 Å².